The number of nitrogens with zero attached hydrogens (tertiary/aromatic N) is 2. The monoisotopic (exact) mass is 374 g/mol. The van der Waals surface area contributed by atoms with Gasteiger partial charge in [-0.3, -0.25) is 4.98 Å². The first kappa shape index (κ1) is 18.2. The van der Waals surface area contributed by atoms with Crippen LogP contribution in [-0.4, -0.2) is 40.7 Å². The fourth-order valence-electron chi connectivity index (χ4n) is 4.52. The summed E-state index contributed by atoms with van der Waals surface area (Å²) in [7, 11) is 0. The summed E-state index contributed by atoms with van der Waals surface area (Å²) in [6.45, 7) is 5.01. The van der Waals surface area contributed by atoms with E-state index in [1.165, 1.54) is 24.4 Å². The lowest BCUT2D eigenvalue weighted by molar-refractivity contribution is 0.170. The van der Waals surface area contributed by atoms with E-state index in [2.05, 4.69) is 16.8 Å². The molecule has 4 nitrogen and oxygen atoms in total. The van der Waals surface area contributed by atoms with Crippen molar-refractivity contribution in [2.75, 3.05) is 19.6 Å². The van der Waals surface area contributed by atoms with E-state index in [9.17, 15) is 13.9 Å². The van der Waals surface area contributed by atoms with Crippen LogP contribution in [0.4, 0.5) is 8.78 Å². The fraction of sp³-hybridized carbons (Fsp3) is 0.476. The molecular formula is C21H24F2N2O2. The predicted octanol–water partition coefficient (Wildman–Crippen LogP) is 3.96. The van der Waals surface area contributed by atoms with Crippen molar-refractivity contribution in [3.05, 3.63) is 53.9 Å². The third-order valence-electron chi connectivity index (χ3n) is 5.79. The molecule has 0 radical (unpaired) electrons. The standard InChI is InChI=1S/C21H24F2N2O2/c1-13(20-6-5-16(26)9-24-20)10-25-11-14-7-17(8-15(14)12-25)27-21-18(22)3-2-4-19(21)23/h2-6,9,13-15,17,26H,7-8,10-12H2,1H3/t13?,14-,15+,17+. The second kappa shape index (κ2) is 7.43. The van der Waals surface area contributed by atoms with Gasteiger partial charge < -0.3 is 14.7 Å². The quantitative estimate of drug-likeness (QED) is 0.861. The van der Waals surface area contributed by atoms with Gasteiger partial charge in [0.2, 0.25) is 0 Å². The summed E-state index contributed by atoms with van der Waals surface area (Å²) in [5.41, 5.74) is 0.973. The Morgan fingerprint density at radius 1 is 1.15 bits per heavy atom. The van der Waals surface area contributed by atoms with Gasteiger partial charge in [0.25, 0.3) is 0 Å². The largest absolute Gasteiger partial charge is 0.506 e. The van der Waals surface area contributed by atoms with Crippen LogP contribution < -0.4 is 4.74 Å². The number of fused-ring (bicyclic) bond motifs is 1. The first-order valence-corrected chi connectivity index (χ1v) is 9.47. The van der Waals surface area contributed by atoms with Gasteiger partial charge in [0.15, 0.2) is 17.4 Å². The lowest BCUT2D eigenvalue weighted by Crippen LogP contribution is -2.28. The average Bonchev–Trinajstić information content (AvgIpc) is 3.16. The Bertz CT molecular complexity index is 765. The van der Waals surface area contributed by atoms with Crippen molar-refractivity contribution in [3.8, 4) is 11.5 Å². The average molecular weight is 374 g/mol. The van der Waals surface area contributed by atoms with Gasteiger partial charge >= 0.3 is 0 Å². The van der Waals surface area contributed by atoms with Gasteiger partial charge in [-0.25, -0.2) is 8.78 Å². The molecule has 2 heterocycles. The molecule has 0 amide bonds. The van der Waals surface area contributed by atoms with Gasteiger partial charge in [-0.2, -0.15) is 0 Å². The van der Waals surface area contributed by atoms with E-state index in [1.54, 1.807) is 6.07 Å². The summed E-state index contributed by atoms with van der Waals surface area (Å²) >= 11 is 0. The zero-order valence-corrected chi connectivity index (χ0v) is 15.3. The molecule has 1 aromatic heterocycles. The van der Waals surface area contributed by atoms with Crippen LogP contribution in [0.2, 0.25) is 0 Å². The van der Waals surface area contributed by atoms with Crippen molar-refractivity contribution in [1.82, 2.24) is 9.88 Å². The number of ether oxygens (including phenoxy) is 1. The van der Waals surface area contributed by atoms with Crippen LogP contribution in [0.3, 0.4) is 0 Å². The second-order valence-electron chi connectivity index (χ2n) is 7.84. The summed E-state index contributed by atoms with van der Waals surface area (Å²) in [5.74, 6) is -0.0447. The van der Waals surface area contributed by atoms with Crippen LogP contribution in [0, 0.1) is 23.5 Å². The van der Waals surface area contributed by atoms with Crippen LogP contribution in [0.25, 0.3) is 0 Å². The maximum absolute atomic E-state index is 13.8. The highest BCUT2D eigenvalue weighted by Crippen LogP contribution is 2.41. The number of benzene rings is 1. The van der Waals surface area contributed by atoms with E-state index in [0.717, 1.165) is 38.2 Å². The molecule has 1 N–H and O–H groups in total. The number of aromatic nitrogens is 1. The molecule has 1 aromatic carbocycles. The highest BCUT2D eigenvalue weighted by Gasteiger charge is 2.42. The Hall–Kier alpha value is -2.21. The van der Waals surface area contributed by atoms with Gasteiger partial charge in [0.05, 0.1) is 12.3 Å². The van der Waals surface area contributed by atoms with E-state index in [1.807, 2.05) is 6.07 Å². The van der Waals surface area contributed by atoms with E-state index >= 15 is 0 Å². The van der Waals surface area contributed by atoms with Gasteiger partial charge in [-0.1, -0.05) is 13.0 Å². The molecule has 27 heavy (non-hydrogen) atoms. The molecule has 0 spiro atoms. The Morgan fingerprint density at radius 2 is 1.81 bits per heavy atom. The van der Waals surface area contributed by atoms with E-state index < -0.39 is 11.6 Å². The SMILES string of the molecule is CC(CN1C[C@H]2C[C@H](Oc3c(F)cccc3F)C[C@H]2C1)c1ccc(O)cn1. The molecule has 6 heteroatoms. The molecule has 1 unspecified atom stereocenters. The summed E-state index contributed by atoms with van der Waals surface area (Å²) in [4.78, 5) is 6.74. The van der Waals surface area contributed by atoms with E-state index in [-0.39, 0.29) is 23.5 Å². The first-order chi connectivity index (χ1) is 13.0. The summed E-state index contributed by atoms with van der Waals surface area (Å²) in [6.07, 6.45) is 3.03. The van der Waals surface area contributed by atoms with Crippen molar-refractivity contribution >= 4 is 0 Å². The zero-order valence-electron chi connectivity index (χ0n) is 15.3. The van der Waals surface area contributed by atoms with Crippen molar-refractivity contribution < 1.29 is 18.6 Å². The van der Waals surface area contributed by atoms with Crippen LogP contribution in [0.5, 0.6) is 11.5 Å². The molecule has 0 bridgehead atoms. The third-order valence-corrected chi connectivity index (χ3v) is 5.79. The number of hydrogen-bond donors (Lipinski definition) is 1. The van der Waals surface area contributed by atoms with Crippen LogP contribution in [-0.2, 0) is 0 Å². The Balaban J connectivity index is 1.31. The predicted molar refractivity (Wildman–Crippen MR) is 97.7 cm³/mol. The Kier molecular flexibility index (Phi) is 5.00. The molecule has 4 rings (SSSR count). The minimum atomic E-state index is -0.635. The van der Waals surface area contributed by atoms with Crippen molar-refractivity contribution in [2.45, 2.75) is 31.8 Å². The van der Waals surface area contributed by atoms with Gasteiger partial charge in [0, 0.05) is 31.2 Å². The minimum Gasteiger partial charge on any atom is -0.506 e. The van der Waals surface area contributed by atoms with E-state index in [0.29, 0.717) is 11.8 Å². The number of likely N-dealkylation sites (tertiary alicyclic amines) is 1. The molecular weight excluding hydrogens is 350 g/mol. The maximum Gasteiger partial charge on any atom is 0.191 e. The lowest BCUT2D eigenvalue weighted by atomic mass is 10.0. The lowest BCUT2D eigenvalue weighted by Gasteiger charge is -2.23. The number of halogens is 2. The van der Waals surface area contributed by atoms with Gasteiger partial charge in [-0.05, 0) is 48.9 Å². The van der Waals surface area contributed by atoms with Crippen LogP contribution >= 0.6 is 0 Å². The van der Waals surface area contributed by atoms with Gasteiger partial charge in [-0.15, -0.1) is 0 Å². The molecule has 1 saturated heterocycles. The topological polar surface area (TPSA) is 45.6 Å². The van der Waals surface area contributed by atoms with Crippen LogP contribution in [0.15, 0.2) is 36.5 Å². The third kappa shape index (κ3) is 3.90. The molecule has 2 fully saturated rings. The number of aromatic hydroxyl groups is 1. The molecule has 1 aliphatic heterocycles. The zero-order chi connectivity index (χ0) is 19.0. The molecule has 4 atom stereocenters. The highest BCUT2D eigenvalue weighted by atomic mass is 19.1. The minimum absolute atomic E-state index is 0.121. The smallest absolute Gasteiger partial charge is 0.191 e. The maximum atomic E-state index is 13.8. The van der Waals surface area contributed by atoms with Crippen molar-refractivity contribution in [2.24, 2.45) is 11.8 Å². The van der Waals surface area contributed by atoms with Gasteiger partial charge in [0.1, 0.15) is 5.75 Å². The summed E-state index contributed by atoms with van der Waals surface area (Å²) in [5, 5.41) is 9.36. The summed E-state index contributed by atoms with van der Waals surface area (Å²) in [6, 6.07) is 7.34. The Labute approximate surface area is 157 Å². The molecule has 1 aliphatic carbocycles. The number of para-hydroxylation sites is 1. The molecule has 144 valence electrons. The van der Waals surface area contributed by atoms with E-state index in [4.69, 9.17) is 4.74 Å². The van der Waals surface area contributed by atoms with Crippen molar-refractivity contribution in [3.63, 3.8) is 0 Å². The normalized spacial score (nSPS) is 26.1. The number of rotatable bonds is 5. The van der Waals surface area contributed by atoms with Crippen molar-refractivity contribution in [1.29, 1.82) is 0 Å². The molecule has 1 saturated carbocycles. The van der Waals surface area contributed by atoms with Crippen LogP contribution in [0.1, 0.15) is 31.4 Å². The fourth-order valence-corrected chi connectivity index (χ4v) is 4.52. The first-order valence-electron chi connectivity index (χ1n) is 9.47. The number of hydrogen-bond acceptors (Lipinski definition) is 4. The highest BCUT2D eigenvalue weighted by molar-refractivity contribution is 5.26. The second-order valence-corrected chi connectivity index (χ2v) is 7.84. The molecule has 2 aliphatic rings. The summed E-state index contributed by atoms with van der Waals surface area (Å²) < 4.78 is 33.2. The number of pyridine rings is 1. The Morgan fingerprint density at radius 3 is 2.41 bits per heavy atom. The molecule has 2 aromatic rings.